The number of nitrogen functional groups attached to an aromatic ring is 1. The second-order valence-corrected chi connectivity index (χ2v) is 8.17. The Morgan fingerprint density at radius 3 is 2.53 bits per heavy atom. The van der Waals surface area contributed by atoms with Gasteiger partial charge in [-0.1, -0.05) is 73.1 Å². The van der Waals surface area contributed by atoms with E-state index in [4.69, 9.17) is 10.3 Å². The molecule has 176 valence electrons. The smallest absolute Gasteiger partial charge is 0.330 e. The largest absolute Gasteiger partial charge is 0.383 e. The highest BCUT2D eigenvalue weighted by molar-refractivity contribution is 5.63. The highest BCUT2D eigenvalue weighted by atomic mass is 16.5. The second kappa shape index (κ2) is 10.2. The third-order valence-electron chi connectivity index (χ3n) is 5.66. The van der Waals surface area contributed by atoms with Gasteiger partial charge in [-0.3, -0.25) is 14.3 Å². The zero-order valence-electron chi connectivity index (χ0n) is 19.3. The predicted octanol–water partition coefficient (Wildman–Crippen LogP) is 3.48. The van der Waals surface area contributed by atoms with Crippen molar-refractivity contribution in [1.29, 1.82) is 0 Å². The van der Waals surface area contributed by atoms with Gasteiger partial charge in [0, 0.05) is 18.7 Å². The third kappa shape index (κ3) is 4.93. The van der Waals surface area contributed by atoms with Crippen molar-refractivity contribution in [2.45, 2.75) is 46.3 Å². The van der Waals surface area contributed by atoms with Gasteiger partial charge >= 0.3 is 5.69 Å². The number of hydrogen-bond donors (Lipinski definition) is 2. The maximum Gasteiger partial charge on any atom is 0.330 e. The summed E-state index contributed by atoms with van der Waals surface area (Å²) in [6.45, 7) is 4.93. The van der Waals surface area contributed by atoms with Crippen LogP contribution < -0.4 is 21.9 Å². The topological polar surface area (TPSA) is 123 Å². The molecule has 9 heteroatoms. The average Bonchev–Trinajstić information content (AvgIpc) is 3.28. The Balaban J connectivity index is 1.74. The van der Waals surface area contributed by atoms with Crippen LogP contribution in [0.3, 0.4) is 0 Å². The van der Waals surface area contributed by atoms with Crippen LogP contribution in [-0.2, 0) is 19.6 Å². The summed E-state index contributed by atoms with van der Waals surface area (Å²) in [5, 5.41) is 4.13. The molecule has 0 radical (unpaired) electrons. The molecule has 0 aliphatic heterocycles. The van der Waals surface area contributed by atoms with Crippen LogP contribution in [0.4, 0.5) is 11.5 Å². The highest BCUT2D eigenvalue weighted by Crippen LogP contribution is 2.24. The van der Waals surface area contributed by atoms with Crippen molar-refractivity contribution >= 4 is 11.5 Å². The van der Waals surface area contributed by atoms with Crippen molar-refractivity contribution in [2.75, 3.05) is 10.6 Å². The second-order valence-electron chi connectivity index (χ2n) is 8.17. The molecular weight excluding hydrogens is 432 g/mol. The molecule has 2 aromatic carbocycles. The molecule has 0 spiro atoms. The van der Waals surface area contributed by atoms with Gasteiger partial charge in [0.05, 0.1) is 6.54 Å². The molecule has 0 saturated heterocycles. The van der Waals surface area contributed by atoms with Crippen LogP contribution in [0.15, 0.2) is 68.7 Å². The van der Waals surface area contributed by atoms with E-state index in [0.29, 0.717) is 24.8 Å². The molecule has 0 amide bonds. The Morgan fingerprint density at radius 1 is 1.06 bits per heavy atom. The molecule has 2 heterocycles. The number of H-pyrrole nitrogens is 1. The maximum absolute atomic E-state index is 12.9. The number of aromatic nitrogens is 4. The normalized spacial score (nSPS) is 11.0. The lowest BCUT2D eigenvalue weighted by atomic mass is 10.1. The molecule has 0 aliphatic rings. The number of hydrogen-bond acceptors (Lipinski definition) is 7. The lowest BCUT2D eigenvalue weighted by molar-refractivity contribution is 0.376. The molecule has 0 atom stereocenters. The van der Waals surface area contributed by atoms with Crippen LogP contribution in [0.1, 0.15) is 36.8 Å². The van der Waals surface area contributed by atoms with E-state index in [2.05, 4.69) is 15.1 Å². The monoisotopic (exact) mass is 460 g/mol. The summed E-state index contributed by atoms with van der Waals surface area (Å²) in [7, 11) is 0. The van der Waals surface area contributed by atoms with Crippen LogP contribution in [0, 0.1) is 6.92 Å². The van der Waals surface area contributed by atoms with E-state index in [0.717, 1.165) is 29.5 Å². The van der Waals surface area contributed by atoms with Crippen LogP contribution in [-0.4, -0.2) is 19.7 Å². The molecule has 4 aromatic rings. The number of rotatable bonds is 9. The lowest BCUT2D eigenvalue weighted by Gasteiger charge is -2.25. The van der Waals surface area contributed by atoms with Crippen molar-refractivity contribution in [3.63, 3.8) is 0 Å². The summed E-state index contributed by atoms with van der Waals surface area (Å²) in [4.78, 5) is 34.1. The van der Waals surface area contributed by atoms with Gasteiger partial charge in [0.1, 0.15) is 11.5 Å². The minimum atomic E-state index is -0.551. The number of unbranched alkanes of at least 4 members (excludes halogenated alkanes) is 1. The van der Waals surface area contributed by atoms with Crippen LogP contribution >= 0.6 is 0 Å². The molecule has 0 unspecified atom stereocenters. The minimum Gasteiger partial charge on any atom is -0.383 e. The van der Waals surface area contributed by atoms with Gasteiger partial charge in [-0.05, 0) is 24.5 Å². The van der Waals surface area contributed by atoms with Crippen LogP contribution in [0.25, 0.3) is 11.4 Å². The summed E-state index contributed by atoms with van der Waals surface area (Å²) < 4.78 is 6.95. The fourth-order valence-electron chi connectivity index (χ4n) is 3.85. The van der Waals surface area contributed by atoms with E-state index in [1.54, 1.807) is 4.90 Å². The van der Waals surface area contributed by atoms with Gasteiger partial charge in [-0.25, -0.2) is 4.79 Å². The number of nitrogens with zero attached hydrogens (tertiary/aromatic N) is 4. The van der Waals surface area contributed by atoms with E-state index >= 15 is 0 Å². The Bertz CT molecular complexity index is 1370. The minimum absolute atomic E-state index is 0.122. The van der Waals surface area contributed by atoms with E-state index in [1.807, 2.05) is 68.4 Å². The van der Waals surface area contributed by atoms with E-state index in [-0.39, 0.29) is 18.1 Å². The number of nitrogens with one attached hydrogen (secondary N) is 1. The van der Waals surface area contributed by atoms with E-state index in [1.165, 1.54) is 4.57 Å². The average molecular weight is 461 g/mol. The number of benzene rings is 2. The first-order chi connectivity index (χ1) is 16.5. The molecule has 0 aliphatic carbocycles. The van der Waals surface area contributed by atoms with Crippen molar-refractivity contribution < 1.29 is 4.52 Å². The summed E-state index contributed by atoms with van der Waals surface area (Å²) in [6.07, 6.45) is 1.65. The standard InChI is InChI=1S/C25H28N6O3/c1-3-4-14-31-22(26)21(24(32)28-25(31)33)30(15-18-11-6-5-7-12-18)16-20-27-23(29-34-20)19-13-9-8-10-17(19)2/h5-13H,3-4,14-16,26H2,1-2H3,(H,28,32,33). The first-order valence-electron chi connectivity index (χ1n) is 11.3. The van der Waals surface area contributed by atoms with Crippen molar-refractivity contribution in [1.82, 2.24) is 19.7 Å². The number of aryl methyl sites for hydroxylation is 1. The van der Waals surface area contributed by atoms with E-state index < -0.39 is 11.2 Å². The Kier molecular flexibility index (Phi) is 6.91. The lowest BCUT2D eigenvalue weighted by Crippen LogP contribution is -2.38. The molecule has 0 fully saturated rings. The maximum atomic E-state index is 12.9. The number of aromatic amines is 1. The molecule has 0 saturated carbocycles. The molecule has 34 heavy (non-hydrogen) atoms. The van der Waals surface area contributed by atoms with Gasteiger partial charge in [0.25, 0.3) is 5.56 Å². The SMILES string of the molecule is CCCCn1c(N)c(N(Cc2ccccc2)Cc2nc(-c3ccccc3C)no2)c(=O)[nH]c1=O. The van der Waals surface area contributed by atoms with Crippen molar-refractivity contribution in [3.8, 4) is 11.4 Å². The summed E-state index contributed by atoms with van der Waals surface area (Å²) in [6, 6.07) is 17.5. The summed E-state index contributed by atoms with van der Waals surface area (Å²) in [5.41, 5.74) is 8.39. The van der Waals surface area contributed by atoms with Gasteiger partial charge in [0.15, 0.2) is 0 Å². The predicted molar refractivity (Wildman–Crippen MR) is 131 cm³/mol. The number of anilines is 2. The first kappa shape index (κ1) is 23.0. The summed E-state index contributed by atoms with van der Waals surface area (Å²) in [5.74, 6) is 0.929. The fraction of sp³-hybridized carbons (Fsp3) is 0.280. The molecule has 4 rings (SSSR count). The molecule has 2 aromatic heterocycles. The van der Waals surface area contributed by atoms with Crippen molar-refractivity contribution in [2.24, 2.45) is 0 Å². The van der Waals surface area contributed by atoms with Crippen LogP contribution in [0.2, 0.25) is 0 Å². The van der Waals surface area contributed by atoms with Gasteiger partial charge in [0.2, 0.25) is 11.7 Å². The van der Waals surface area contributed by atoms with Gasteiger partial charge in [-0.15, -0.1) is 0 Å². The zero-order valence-corrected chi connectivity index (χ0v) is 19.3. The zero-order chi connectivity index (χ0) is 24.1. The Morgan fingerprint density at radius 2 is 1.79 bits per heavy atom. The quantitative estimate of drug-likeness (QED) is 0.392. The highest BCUT2D eigenvalue weighted by Gasteiger charge is 2.22. The molecule has 0 bridgehead atoms. The fourth-order valence-corrected chi connectivity index (χ4v) is 3.85. The Hall–Kier alpha value is -4.14. The third-order valence-corrected chi connectivity index (χ3v) is 5.66. The van der Waals surface area contributed by atoms with Gasteiger partial charge in [-0.2, -0.15) is 4.98 Å². The molecule has 9 nitrogen and oxygen atoms in total. The first-order valence-corrected chi connectivity index (χ1v) is 11.3. The molecular formula is C25H28N6O3. The Labute approximate surface area is 196 Å². The van der Waals surface area contributed by atoms with Gasteiger partial charge < -0.3 is 15.2 Å². The van der Waals surface area contributed by atoms with Crippen LogP contribution in [0.5, 0.6) is 0 Å². The summed E-state index contributed by atoms with van der Waals surface area (Å²) >= 11 is 0. The van der Waals surface area contributed by atoms with E-state index in [9.17, 15) is 9.59 Å². The van der Waals surface area contributed by atoms with Crippen molar-refractivity contribution in [3.05, 3.63) is 92.5 Å². The number of nitrogens with two attached hydrogens (primary N) is 1. The molecule has 3 N–H and O–H groups in total.